The number of benzene rings is 1. The summed E-state index contributed by atoms with van der Waals surface area (Å²) in [6.45, 7) is 2.16. The number of rotatable bonds is 4. The fourth-order valence-electron chi connectivity index (χ4n) is 4.00. The molecule has 1 aromatic heterocycles. The normalized spacial score (nSPS) is 15.4. The highest BCUT2D eigenvalue weighted by Gasteiger charge is 2.27. The summed E-state index contributed by atoms with van der Waals surface area (Å²) in [5.74, 6) is -0.515. The van der Waals surface area contributed by atoms with Crippen molar-refractivity contribution in [2.24, 2.45) is 0 Å². The Labute approximate surface area is 162 Å². The molecular formula is C20H25BrN2O3. The number of aryl methyl sites for hydroxylation is 1. The SMILES string of the molecule is Cc1cc(C(=O)O)cc2c1c(C1CCCCC1)c(Br)n2CC(=O)N(C)C. The van der Waals surface area contributed by atoms with Gasteiger partial charge in [-0.3, -0.25) is 4.79 Å². The summed E-state index contributed by atoms with van der Waals surface area (Å²) in [6.07, 6.45) is 5.98. The zero-order valence-electron chi connectivity index (χ0n) is 15.5. The van der Waals surface area contributed by atoms with Crippen molar-refractivity contribution in [3.05, 3.63) is 33.4 Å². The molecule has 26 heavy (non-hydrogen) atoms. The van der Waals surface area contributed by atoms with Crippen molar-refractivity contribution < 1.29 is 14.7 Å². The lowest BCUT2D eigenvalue weighted by Gasteiger charge is -2.22. The third-order valence-corrected chi connectivity index (χ3v) is 6.24. The molecule has 0 spiro atoms. The molecule has 1 N–H and O–H groups in total. The van der Waals surface area contributed by atoms with Crippen LogP contribution in [0.15, 0.2) is 16.7 Å². The molecule has 1 aliphatic carbocycles. The monoisotopic (exact) mass is 420 g/mol. The van der Waals surface area contributed by atoms with E-state index in [9.17, 15) is 14.7 Å². The Morgan fingerprint density at radius 1 is 1.23 bits per heavy atom. The van der Waals surface area contributed by atoms with E-state index < -0.39 is 5.97 Å². The lowest BCUT2D eigenvalue weighted by Crippen LogP contribution is -2.26. The minimum absolute atomic E-state index is 0.0174. The molecule has 1 saturated carbocycles. The molecule has 2 aromatic rings. The molecular weight excluding hydrogens is 396 g/mol. The highest BCUT2D eigenvalue weighted by molar-refractivity contribution is 9.10. The van der Waals surface area contributed by atoms with Gasteiger partial charge in [0.15, 0.2) is 0 Å². The van der Waals surface area contributed by atoms with Crippen LogP contribution in [0.5, 0.6) is 0 Å². The summed E-state index contributed by atoms with van der Waals surface area (Å²) in [7, 11) is 3.47. The van der Waals surface area contributed by atoms with Crippen LogP contribution in [0, 0.1) is 6.92 Å². The van der Waals surface area contributed by atoms with Gasteiger partial charge >= 0.3 is 5.97 Å². The average molecular weight is 421 g/mol. The highest BCUT2D eigenvalue weighted by atomic mass is 79.9. The van der Waals surface area contributed by atoms with E-state index in [1.165, 1.54) is 24.8 Å². The Morgan fingerprint density at radius 2 is 1.88 bits per heavy atom. The van der Waals surface area contributed by atoms with Crippen molar-refractivity contribution in [3.8, 4) is 0 Å². The lowest BCUT2D eigenvalue weighted by atomic mass is 9.83. The molecule has 140 valence electrons. The van der Waals surface area contributed by atoms with E-state index in [4.69, 9.17) is 0 Å². The fraction of sp³-hybridized carbons (Fsp3) is 0.500. The lowest BCUT2D eigenvalue weighted by molar-refractivity contribution is -0.129. The fourth-order valence-corrected chi connectivity index (χ4v) is 4.84. The smallest absolute Gasteiger partial charge is 0.335 e. The van der Waals surface area contributed by atoms with Gasteiger partial charge in [0, 0.05) is 19.5 Å². The Bertz CT molecular complexity index is 864. The molecule has 1 amide bonds. The summed E-state index contributed by atoms with van der Waals surface area (Å²) in [4.78, 5) is 25.5. The van der Waals surface area contributed by atoms with Crippen LogP contribution < -0.4 is 0 Å². The minimum atomic E-state index is -0.947. The van der Waals surface area contributed by atoms with Crippen LogP contribution in [0.2, 0.25) is 0 Å². The molecule has 0 saturated heterocycles. The number of carboxylic acid groups (broad SMARTS) is 1. The van der Waals surface area contributed by atoms with Crippen LogP contribution in [0.1, 0.15) is 59.5 Å². The Balaban J connectivity index is 2.24. The first-order chi connectivity index (χ1) is 12.3. The van der Waals surface area contributed by atoms with E-state index in [0.717, 1.165) is 33.9 Å². The topological polar surface area (TPSA) is 62.5 Å². The number of amides is 1. The van der Waals surface area contributed by atoms with E-state index in [1.54, 1.807) is 31.1 Å². The van der Waals surface area contributed by atoms with Gasteiger partial charge in [-0.1, -0.05) is 19.3 Å². The number of carbonyl (C=O) groups is 2. The first-order valence-electron chi connectivity index (χ1n) is 9.07. The number of carbonyl (C=O) groups excluding carboxylic acids is 1. The Morgan fingerprint density at radius 3 is 2.46 bits per heavy atom. The van der Waals surface area contributed by atoms with Gasteiger partial charge in [0.1, 0.15) is 6.54 Å². The Hall–Kier alpha value is -1.82. The molecule has 0 atom stereocenters. The second kappa shape index (κ2) is 7.43. The number of hydrogen-bond donors (Lipinski definition) is 1. The molecule has 0 radical (unpaired) electrons. The number of fused-ring (bicyclic) bond motifs is 1. The largest absolute Gasteiger partial charge is 0.478 e. The van der Waals surface area contributed by atoms with Crippen molar-refractivity contribution >= 4 is 38.7 Å². The van der Waals surface area contributed by atoms with Gasteiger partial charge in [0.25, 0.3) is 0 Å². The predicted octanol–water partition coefficient (Wildman–Crippen LogP) is 4.55. The third-order valence-electron chi connectivity index (χ3n) is 5.39. The van der Waals surface area contributed by atoms with Gasteiger partial charge in [-0.15, -0.1) is 0 Å². The molecule has 3 rings (SSSR count). The molecule has 1 aromatic carbocycles. The molecule has 0 aliphatic heterocycles. The number of halogens is 1. The molecule has 0 bridgehead atoms. The highest BCUT2D eigenvalue weighted by Crippen LogP contribution is 2.43. The van der Waals surface area contributed by atoms with E-state index in [-0.39, 0.29) is 18.0 Å². The molecule has 1 fully saturated rings. The maximum atomic E-state index is 12.4. The second-order valence-electron chi connectivity index (χ2n) is 7.41. The maximum absolute atomic E-state index is 12.4. The zero-order chi connectivity index (χ0) is 19.0. The van der Waals surface area contributed by atoms with E-state index >= 15 is 0 Å². The van der Waals surface area contributed by atoms with Crippen LogP contribution in [0.25, 0.3) is 10.9 Å². The van der Waals surface area contributed by atoms with Crippen LogP contribution in [0.4, 0.5) is 0 Å². The van der Waals surface area contributed by atoms with Gasteiger partial charge in [0.05, 0.1) is 15.7 Å². The van der Waals surface area contributed by atoms with E-state index in [1.807, 2.05) is 11.5 Å². The summed E-state index contributed by atoms with van der Waals surface area (Å²) in [5.41, 5.74) is 3.27. The van der Waals surface area contributed by atoms with Crippen LogP contribution in [0.3, 0.4) is 0 Å². The number of aromatic nitrogens is 1. The number of aromatic carboxylic acids is 1. The van der Waals surface area contributed by atoms with Crippen LogP contribution >= 0.6 is 15.9 Å². The van der Waals surface area contributed by atoms with Crippen LogP contribution in [-0.4, -0.2) is 40.5 Å². The van der Waals surface area contributed by atoms with Gasteiger partial charge in [-0.05, 0) is 64.9 Å². The van der Waals surface area contributed by atoms with Crippen molar-refractivity contribution in [2.75, 3.05) is 14.1 Å². The summed E-state index contributed by atoms with van der Waals surface area (Å²) < 4.78 is 2.85. The molecule has 1 heterocycles. The summed E-state index contributed by atoms with van der Waals surface area (Å²) in [5, 5.41) is 10.6. The molecule has 6 heteroatoms. The molecule has 1 aliphatic rings. The summed E-state index contributed by atoms with van der Waals surface area (Å²) >= 11 is 3.75. The van der Waals surface area contributed by atoms with Gasteiger partial charge in [-0.2, -0.15) is 0 Å². The van der Waals surface area contributed by atoms with Crippen molar-refractivity contribution in [3.63, 3.8) is 0 Å². The van der Waals surface area contributed by atoms with Crippen molar-refractivity contribution in [1.29, 1.82) is 0 Å². The second-order valence-corrected chi connectivity index (χ2v) is 8.16. The van der Waals surface area contributed by atoms with Gasteiger partial charge in [-0.25, -0.2) is 4.79 Å². The van der Waals surface area contributed by atoms with E-state index in [2.05, 4.69) is 15.9 Å². The average Bonchev–Trinajstić information content (AvgIpc) is 2.88. The first-order valence-corrected chi connectivity index (χ1v) is 9.86. The molecule has 5 nitrogen and oxygen atoms in total. The quantitative estimate of drug-likeness (QED) is 0.788. The minimum Gasteiger partial charge on any atom is -0.478 e. The van der Waals surface area contributed by atoms with Gasteiger partial charge < -0.3 is 14.6 Å². The maximum Gasteiger partial charge on any atom is 0.335 e. The first kappa shape index (κ1) is 19.0. The number of likely N-dealkylation sites (N-methyl/N-ethyl adjacent to an activating group) is 1. The predicted molar refractivity (Wildman–Crippen MR) is 106 cm³/mol. The third kappa shape index (κ3) is 3.39. The molecule has 0 unspecified atom stereocenters. The van der Waals surface area contributed by atoms with Crippen molar-refractivity contribution in [2.45, 2.75) is 51.5 Å². The van der Waals surface area contributed by atoms with Crippen LogP contribution in [-0.2, 0) is 11.3 Å². The number of carboxylic acids is 1. The van der Waals surface area contributed by atoms with Gasteiger partial charge in [0.2, 0.25) is 5.91 Å². The standard InChI is InChI=1S/C20H25BrN2O3/c1-12-9-14(20(25)26)10-15-17(12)18(13-7-5-4-6-8-13)19(21)23(15)11-16(24)22(2)3/h9-10,13H,4-8,11H2,1-3H3,(H,25,26). The summed E-state index contributed by atoms with van der Waals surface area (Å²) in [6, 6.07) is 3.44. The zero-order valence-corrected chi connectivity index (χ0v) is 17.1. The number of nitrogens with zero attached hydrogens (tertiary/aromatic N) is 2. The Kier molecular flexibility index (Phi) is 5.42. The van der Waals surface area contributed by atoms with Crippen molar-refractivity contribution in [1.82, 2.24) is 9.47 Å². The van der Waals surface area contributed by atoms with E-state index in [0.29, 0.717) is 5.92 Å². The number of hydrogen-bond acceptors (Lipinski definition) is 2.